The van der Waals surface area contributed by atoms with Gasteiger partial charge in [0.25, 0.3) is 0 Å². The van der Waals surface area contributed by atoms with Gasteiger partial charge in [-0.05, 0) is 19.9 Å². The summed E-state index contributed by atoms with van der Waals surface area (Å²) >= 11 is 0. The highest BCUT2D eigenvalue weighted by Crippen LogP contribution is 2.17. The summed E-state index contributed by atoms with van der Waals surface area (Å²) in [7, 11) is 0. The van der Waals surface area contributed by atoms with Crippen molar-refractivity contribution in [3.63, 3.8) is 0 Å². The standard InChI is InChI=1S/C18H23N5O3/c1-11-13(12(2)22-18(19)21-11)9-16(24)23-14-10-25-8-6-15(14)26-17-5-3-4-7-20-17/h3-5,7,14-15H,6,8-10H2,1-2H3,(H,23,24)(H2,19,21,22)/t14-,15-/m1/s1. The monoisotopic (exact) mass is 357 g/mol. The normalized spacial score (nSPS) is 19.8. The summed E-state index contributed by atoms with van der Waals surface area (Å²) < 4.78 is 11.4. The van der Waals surface area contributed by atoms with E-state index in [1.807, 2.05) is 26.0 Å². The third-order valence-electron chi connectivity index (χ3n) is 4.32. The molecule has 0 spiro atoms. The van der Waals surface area contributed by atoms with Gasteiger partial charge in [0.05, 0.1) is 25.7 Å². The third kappa shape index (κ3) is 4.45. The second-order valence-corrected chi connectivity index (χ2v) is 6.27. The number of nitrogens with one attached hydrogen (secondary N) is 1. The molecule has 2 atom stereocenters. The Kier molecular flexibility index (Phi) is 5.62. The lowest BCUT2D eigenvalue weighted by atomic mass is 10.0. The van der Waals surface area contributed by atoms with Gasteiger partial charge < -0.3 is 20.5 Å². The largest absolute Gasteiger partial charge is 0.472 e. The molecule has 8 heteroatoms. The predicted octanol–water partition coefficient (Wildman–Crippen LogP) is 0.966. The first-order valence-corrected chi connectivity index (χ1v) is 8.57. The van der Waals surface area contributed by atoms with Crippen LogP contribution in [0.5, 0.6) is 5.88 Å². The maximum atomic E-state index is 12.5. The molecule has 2 aromatic heterocycles. The molecule has 3 N–H and O–H groups in total. The molecule has 2 aromatic rings. The second kappa shape index (κ2) is 8.09. The molecule has 0 radical (unpaired) electrons. The van der Waals surface area contributed by atoms with Crippen LogP contribution in [0.1, 0.15) is 23.4 Å². The van der Waals surface area contributed by atoms with E-state index in [4.69, 9.17) is 15.2 Å². The van der Waals surface area contributed by atoms with Crippen LogP contribution in [-0.4, -0.2) is 46.2 Å². The fraction of sp³-hybridized carbons (Fsp3) is 0.444. The topological polar surface area (TPSA) is 112 Å². The number of nitrogens with two attached hydrogens (primary N) is 1. The van der Waals surface area contributed by atoms with Crippen LogP contribution in [0.2, 0.25) is 0 Å². The van der Waals surface area contributed by atoms with E-state index in [1.165, 1.54) is 0 Å². The Hall–Kier alpha value is -2.74. The molecule has 1 aliphatic rings. The number of ether oxygens (including phenoxy) is 2. The number of amides is 1. The zero-order valence-corrected chi connectivity index (χ0v) is 14.9. The maximum Gasteiger partial charge on any atom is 0.224 e. The fourth-order valence-corrected chi connectivity index (χ4v) is 3.01. The zero-order chi connectivity index (χ0) is 18.5. The maximum absolute atomic E-state index is 12.5. The number of nitrogen functional groups attached to an aromatic ring is 1. The number of pyridine rings is 1. The molecular weight excluding hydrogens is 334 g/mol. The van der Waals surface area contributed by atoms with Crippen molar-refractivity contribution in [2.24, 2.45) is 0 Å². The Morgan fingerprint density at radius 3 is 2.81 bits per heavy atom. The predicted molar refractivity (Wildman–Crippen MR) is 95.6 cm³/mol. The van der Waals surface area contributed by atoms with E-state index >= 15 is 0 Å². The van der Waals surface area contributed by atoms with Gasteiger partial charge in [0.15, 0.2) is 0 Å². The number of hydrogen-bond acceptors (Lipinski definition) is 7. The second-order valence-electron chi connectivity index (χ2n) is 6.27. The average Bonchev–Trinajstić information content (AvgIpc) is 2.61. The summed E-state index contributed by atoms with van der Waals surface area (Å²) in [5, 5.41) is 3.00. The van der Waals surface area contributed by atoms with E-state index < -0.39 is 0 Å². The van der Waals surface area contributed by atoms with Crippen molar-refractivity contribution < 1.29 is 14.3 Å². The summed E-state index contributed by atoms with van der Waals surface area (Å²) in [6, 6.07) is 5.25. The lowest BCUT2D eigenvalue weighted by Gasteiger charge is -2.32. The van der Waals surface area contributed by atoms with Crippen molar-refractivity contribution in [3.05, 3.63) is 41.3 Å². The lowest BCUT2D eigenvalue weighted by Crippen LogP contribution is -2.52. The van der Waals surface area contributed by atoms with Crippen molar-refractivity contribution in [2.75, 3.05) is 18.9 Å². The molecule has 1 saturated heterocycles. The summed E-state index contributed by atoms with van der Waals surface area (Å²) in [4.78, 5) is 25.0. The first kappa shape index (κ1) is 18.1. The number of carbonyl (C=O) groups excluding carboxylic acids is 1. The van der Waals surface area contributed by atoms with Crippen LogP contribution in [0, 0.1) is 13.8 Å². The van der Waals surface area contributed by atoms with Gasteiger partial charge in [0, 0.05) is 35.6 Å². The molecule has 26 heavy (non-hydrogen) atoms. The minimum atomic E-state index is -0.242. The summed E-state index contributed by atoms with van der Waals surface area (Å²) in [5.41, 5.74) is 7.85. The molecule has 1 fully saturated rings. The molecule has 0 aromatic carbocycles. The zero-order valence-electron chi connectivity index (χ0n) is 14.9. The highest BCUT2D eigenvalue weighted by Gasteiger charge is 2.29. The molecular formula is C18H23N5O3. The Morgan fingerprint density at radius 1 is 1.35 bits per heavy atom. The van der Waals surface area contributed by atoms with Crippen LogP contribution in [-0.2, 0) is 16.0 Å². The molecule has 0 unspecified atom stereocenters. The highest BCUT2D eigenvalue weighted by molar-refractivity contribution is 5.79. The first-order chi connectivity index (χ1) is 12.5. The van der Waals surface area contributed by atoms with Crippen molar-refractivity contribution in [1.82, 2.24) is 20.3 Å². The molecule has 0 aliphatic carbocycles. The fourth-order valence-electron chi connectivity index (χ4n) is 3.01. The number of rotatable bonds is 5. The molecule has 1 aliphatic heterocycles. The van der Waals surface area contributed by atoms with Gasteiger partial charge in [0.1, 0.15) is 6.10 Å². The Balaban J connectivity index is 1.65. The highest BCUT2D eigenvalue weighted by atomic mass is 16.5. The van der Waals surface area contributed by atoms with Crippen LogP contribution in [0.25, 0.3) is 0 Å². The first-order valence-electron chi connectivity index (χ1n) is 8.57. The van der Waals surface area contributed by atoms with E-state index in [-0.39, 0.29) is 30.4 Å². The Morgan fingerprint density at radius 2 is 2.12 bits per heavy atom. The SMILES string of the molecule is Cc1nc(N)nc(C)c1CC(=O)N[C@@H]1COCC[C@H]1Oc1ccccn1. The van der Waals surface area contributed by atoms with Crippen molar-refractivity contribution in [2.45, 2.75) is 38.8 Å². The third-order valence-corrected chi connectivity index (χ3v) is 4.32. The Labute approximate surface area is 152 Å². The van der Waals surface area contributed by atoms with Gasteiger partial charge in [-0.3, -0.25) is 4.79 Å². The van der Waals surface area contributed by atoms with E-state index in [9.17, 15) is 4.79 Å². The molecule has 3 rings (SSSR count). The average molecular weight is 357 g/mol. The van der Waals surface area contributed by atoms with Gasteiger partial charge in [-0.15, -0.1) is 0 Å². The Bertz CT molecular complexity index is 746. The number of anilines is 1. The minimum absolute atomic E-state index is 0.130. The van der Waals surface area contributed by atoms with E-state index in [1.54, 1.807) is 12.3 Å². The summed E-state index contributed by atoms with van der Waals surface area (Å²) in [6.07, 6.45) is 2.36. The van der Waals surface area contributed by atoms with E-state index in [0.717, 1.165) is 5.56 Å². The van der Waals surface area contributed by atoms with E-state index in [0.29, 0.717) is 36.9 Å². The van der Waals surface area contributed by atoms with E-state index in [2.05, 4.69) is 20.3 Å². The molecule has 8 nitrogen and oxygen atoms in total. The van der Waals surface area contributed by atoms with Crippen LogP contribution in [0.15, 0.2) is 24.4 Å². The lowest BCUT2D eigenvalue weighted by molar-refractivity contribution is -0.123. The van der Waals surface area contributed by atoms with Gasteiger partial charge >= 0.3 is 0 Å². The van der Waals surface area contributed by atoms with Gasteiger partial charge in [0.2, 0.25) is 17.7 Å². The molecule has 0 bridgehead atoms. The minimum Gasteiger partial charge on any atom is -0.472 e. The number of nitrogens with zero attached hydrogens (tertiary/aromatic N) is 3. The molecule has 3 heterocycles. The van der Waals surface area contributed by atoms with Gasteiger partial charge in [-0.2, -0.15) is 0 Å². The number of hydrogen-bond donors (Lipinski definition) is 2. The molecule has 1 amide bonds. The number of aryl methyl sites for hydroxylation is 2. The van der Waals surface area contributed by atoms with Crippen molar-refractivity contribution in [1.29, 1.82) is 0 Å². The van der Waals surface area contributed by atoms with Crippen LogP contribution >= 0.6 is 0 Å². The quantitative estimate of drug-likeness (QED) is 0.820. The molecule has 138 valence electrons. The van der Waals surface area contributed by atoms with Crippen molar-refractivity contribution in [3.8, 4) is 5.88 Å². The number of aromatic nitrogens is 3. The van der Waals surface area contributed by atoms with Crippen LogP contribution < -0.4 is 15.8 Å². The van der Waals surface area contributed by atoms with Crippen molar-refractivity contribution >= 4 is 11.9 Å². The number of carbonyl (C=O) groups is 1. The van der Waals surface area contributed by atoms with Crippen LogP contribution in [0.4, 0.5) is 5.95 Å². The van der Waals surface area contributed by atoms with Gasteiger partial charge in [-0.25, -0.2) is 15.0 Å². The van der Waals surface area contributed by atoms with Crippen LogP contribution in [0.3, 0.4) is 0 Å². The molecule has 0 saturated carbocycles. The summed E-state index contributed by atoms with van der Waals surface area (Å²) in [6.45, 7) is 4.64. The van der Waals surface area contributed by atoms with Gasteiger partial charge in [-0.1, -0.05) is 6.07 Å². The summed E-state index contributed by atoms with van der Waals surface area (Å²) in [5.74, 6) is 0.626. The smallest absolute Gasteiger partial charge is 0.224 e.